The Labute approximate surface area is 145 Å². The van der Waals surface area contributed by atoms with Crippen molar-refractivity contribution < 1.29 is 52.7 Å². The first-order chi connectivity index (χ1) is 10.7. The quantitative estimate of drug-likeness (QED) is 0.369. The van der Waals surface area contributed by atoms with Gasteiger partial charge >= 0.3 is 33.3 Å². The van der Waals surface area contributed by atoms with Crippen LogP contribution in [0.2, 0.25) is 0 Å². The second-order valence-corrected chi connectivity index (χ2v) is 4.53. The number of hydrogen-bond acceptors (Lipinski definition) is 4. The van der Waals surface area contributed by atoms with Gasteiger partial charge in [-0.3, -0.25) is 19.2 Å². The Balaban J connectivity index is -0.000000297. The Morgan fingerprint density at radius 3 is 0.826 bits per heavy atom. The Bertz CT molecular complexity index is 299. The van der Waals surface area contributed by atoms with Gasteiger partial charge in [0.2, 0.25) is 24.4 Å². The van der Waals surface area contributed by atoms with E-state index < -0.39 is 24.4 Å². The predicted octanol–water partition coefficient (Wildman–Crippen LogP) is 3.56. The third-order valence-electron chi connectivity index (χ3n) is 1.19. The summed E-state index contributed by atoms with van der Waals surface area (Å²) in [4.78, 5) is 38.8. The summed E-state index contributed by atoms with van der Waals surface area (Å²) < 4.78 is 0. The first kappa shape index (κ1) is 26.1. The fourth-order valence-electron chi connectivity index (χ4n) is 0.583. The van der Waals surface area contributed by atoms with Crippen molar-refractivity contribution in [1.29, 1.82) is 0 Å². The van der Waals surface area contributed by atoms with Crippen LogP contribution in [0.3, 0.4) is 0 Å². The number of amides is 4. The van der Waals surface area contributed by atoms with Gasteiger partial charge in [-0.2, -0.15) is 0 Å². The molecule has 138 valence electrons. The summed E-state index contributed by atoms with van der Waals surface area (Å²) in [7, 11) is 9.53. The zero-order chi connectivity index (χ0) is 18.7. The average molecular weight is 419 g/mol. The molecule has 0 atom stereocenters. The van der Waals surface area contributed by atoms with Crippen molar-refractivity contribution in [2.45, 2.75) is 0 Å². The molecule has 4 N–H and O–H groups in total. The molecule has 0 saturated heterocycles. The first-order valence-electron chi connectivity index (χ1n) is 5.14. The predicted molar refractivity (Wildman–Crippen MR) is 76.7 cm³/mol. The molecule has 12 nitrogen and oxygen atoms in total. The number of hydrogen-bond donors (Lipinski definition) is 4. The van der Waals surface area contributed by atoms with Crippen LogP contribution in [0.25, 0.3) is 21.3 Å². The van der Waals surface area contributed by atoms with Crippen LogP contribution in [-0.4, -0.2) is 71.0 Å². The van der Waals surface area contributed by atoms with Crippen LogP contribution in [0.5, 0.6) is 0 Å². The van der Waals surface area contributed by atoms with E-state index >= 15 is 0 Å². The normalized spacial score (nSPS) is 8.26. The van der Waals surface area contributed by atoms with Crippen LogP contribution in [0.1, 0.15) is 0 Å². The van der Waals surface area contributed by atoms with Crippen molar-refractivity contribution in [3.63, 3.8) is 0 Å². The fraction of sp³-hybridized carbons (Fsp3) is 0.500. The molecular weight excluding hydrogens is 407 g/mol. The van der Waals surface area contributed by atoms with Gasteiger partial charge in [-0.05, 0) is 0 Å². The van der Waals surface area contributed by atoms with Crippen molar-refractivity contribution in [3.8, 4) is 0 Å². The summed E-state index contributed by atoms with van der Waals surface area (Å²) in [5, 5.41) is 43.5. The molecule has 0 aliphatic heterocycles. The van der Waals surface area contributed by atoms with Gasteiger partial charge in [-0.1, -0.05) is 0 Å². The topological polar surface area (TPSA) is 206 Å². The van der Waals surface area contributed by atoms with Crippen LogP contribution in [0, 0.1) is 0 Å². The Hall–Kier alpha value is -1.82. The van der Waals surface area contributed by atoms with E-state index in [1.807, 2.05) is 0 Å². The van der Waals surface area contributed by atoms with Gasteiger partial charge in [0.15, 0.2) is 0 Å². The number of halogens is 2. The first-order valence-corrected chi connectivity index (χ1v) is 8.18. The third-order valence-corrected chi connectivity index (χ3v) is 1.19. The summed E-state index contributed by atoms with van der Waals surface area (Å²) in [6, 6.07) is 0. The molecule has 0 saturated carbocycles. The summed E-state index contributed by atoms with van der Waals surface area (Å²) in [5.41, 5.74) is 0. The van der Waals surface area contributed by atoms with E-state index in [1.54, 1.807) is 0 Å². The molecule has 15 heteroatoms. The number of carbonyl (C=O) groups is 4. The third kappa shape index (κ3) is 45.0. The minimum absolute atomic E-state index is 0.0956. The van der Waals surface area contributed by atoms with Gasteiger partial charge in [-0.15, -0.1) is 26.2 Å². The zero-order valence-corrected chi connectivity index (χ0v) is 13.8. The molecule has 0 aromatic heterocycles. The summed E-state index contributed by atoms with van der Waals surface area (Å²) in [6.07, 6.45) is -5.22. The summed E-state index contributed by atoms with van der Waals surface area (Å²) >= 11 is 0.194. The summed E-state index contributed by atoms with van der Waals surface area (Å²) in [5.74, 6) is 0. The van der Waals surface area contributed by atoms with E-state index in [9.17, 15) is 19.2 Å². The zero-order valence-electron chi connectivity index (χ0n) is 11.1. The maximum absolute atomic E-state index is 9.69. The molecule has 0 bridgehead atoms. The Kier molecular flexibility index (Phi) is 22.9. The fourth-order valence-corrected chi connectivity index (χ4v) is 0.583. The maximum atomic E-state index is 9.69. The monoisotopic (exact) mass is 418 g/mol. The van der Waals surface area contributed by atoms with Crippen molar-refractivity contribution in [3.05, 3.63) is 21.3 Å². The molecule has 0 aliphatic carbocycles. The van der Waals surface area contributed by atoms with Crippen LogP contribution in [-0.2, 0) is 13.1 Å². The Morgan fingerprint density at radius 2 is 0.739 bits per heavy atom. The molecule has 0 rings (SSSR count). The second-order valence-electron chi connectivity index (χ2n) is 2.71. The standard InChI is InChI=1S/2C4H6N2O4.2ClH.Fe/c2*7-3(8)5-1-2-6-4(9)10;;;/h2*1-2H2,(H,7,8)(H,9,10);2*1H;/q2*-2;;;+2/p-2. The number of rotatable bonds is 6. The van der Waals surface area contributed by atoms with Gasteiger partial charge in [0.25, 0.3) is 0 Å². The van der Waals surface area contributed by atoms with Gasteiger partial charge in [0.05, 0.1) is 0 Å². The summed E-state index contributed by atoms with van der Waals surface area (Å²) in [6.45, 7) is -0.382. The number of carboxylic acid groups (broad SMARTS) is 4. The Morgan fingerprint density at radius 1 is 0.609 bits per heavy atom. The molecule has 23 heavy (non-hydrogen) atoms. The second kappa shape index (κ2) is 20.2. The van der Waals surface area contributed by atoms with Crippen LogP contribution >= 0.6 is 20.2 Å². The van der Waals surface area contributed by atoms with Crippen molar-refractivity contribution in [2.24, 2.45) is 0 Å². The minimum atomic E-state index is -1.31. The molecule has 0 fully saturated rings. The number of nitrogens with zero attached hydrogens (tertiary/aromatic N) is 4. The molecule has 0 aliphatic rings. The van der Waals surface area contributed by atoms with Crippen molar-refractivity contribution in [1.82, 2.24) is 0 Å². The molecule has 0 aromatic carbocycles. The molecule has 4 amide bonds. The van der Waals surface area contributed by atoms with Crippen LogP contribution < -0.4 is 0 Å². The van der Waals surface area contributed by atoms with E-state index in [0.29, 0.717) is 0 Å². The van der Waals surface area contributed by atoms with E-state index in [2.05, 4.69) is 21.3 Å². The van der Waals surface area contributed by atoms with Crippen molar-refractivity contribution in [2.75, 3.05) is 26.2 Å². The van der Waals surface area contributed by atoms with Gasteiger partial charge in [0.1, 0.15) is 0 Å². The van der Waals surface area contributed by atoms with Gasteiger partial charge < -0.3 is 41.7 Å². The van der Waals surface area contributed by atoms with E-state index in [-0.39, 0.29) is 39.3 Å². The van der Waals surface area contributed by atoms with Crippen LogP contribution in [0.15, 0.2) is 0 Å². The molecule has 0 unspecified atom stereocenters. The molecule has 0 spiro atoms. The van der Waals surface area contributed by atoms with Gasteiger partial charge in [-0.25, -0.2) is 0 Å². The van der Waals surface area contributed by atoms with E-state index in [4.69, 9.17) is 40.6 Å². The molecular formula is C8H12Cl2FeN4O8-4. The van der Waals surface area contributed by atoms with Gasteiger partial charge in [0, 0.05) is 0 Å². The molecule has 0 heterocycles. The van der Waals surface area contributed by atoms with E-state index in [0.717, 1.165) is 0 Å². The molecule has 0 radical (unpaired) electrons. The molecule has 0 aromatic rings. The average Bonchev–Trinajstić information content (AvgIpc) is 2.41. The van der Waals surface area contributed by atoms with E-state index in [1.165, 1.54) is 0 Å². The van der Waals surface area contributed by atoms with Crippen LogP contribution in [0.4, 0.5) is 19.2 Å². The van der Waals surface area contributed by atoms with Crippen molar-refractivity contribution >= 4 is 44.6 Å². The SMILES string of the molecule is O=C(O)[N-]CC[N-]C(=O)O.O=C(O)[N-]CC[N-]C(=O)O.[Cl][Fe][Cl].